The molecule has 1 amide bonds. The molecule has 0 heterocycles. The van der Waals surface area contributed by atoms with Crippen molar-refractivity contribution in [2.24, 2.45) is 0 Å². The highest BCUT2D eigenvalue weighted by molar-refractivity contribution is 5.90. The van der Waals surface area contributed by atoms with Crippen LogP contribution in [0.1, 0.15) is 36.6 Å². The molecule has 0 aliphatic carbocycles. The Balaban J connectivity index is 1.85. The van der Waals surface area contributed by atoms with Gasteiger partial charge >= 0.3 is 5.97 Å². The second kappa shape index (κ2) is 10.0. The van der Waals surface area contributed by atoms with E-state index < -0.39 is 23.4 Å². The Bertz CT molecular complexity index is 875. The highest BCUT2D eigenvalue weighted by Gasteiger charge is 2.12. The van der Waals surface area contributed by atoms with Gasteiger partial charge in [-0.3, -0.25) is 14.9 Å². The third-order valence-corrected chi connectivity index (χ3v) is 4.14. The normalized spacial score (nSPS) is 11.8. The first-order chi connectivity index (χ1) is 13.4. The summed E-state index contributed by atoms with van der Waals surface area (Å²) in [7, 11) is 0. The number of esters is 1. The maximum absolute atomic E-state index is 12.0. The van der Waals surface area contributed by atoms with Crippen LogP contribution in [0.2, 0.25) is 0 Å². The Labute approximate surface area is 163 Å². The lowest BCUT2D eigenvalue weighted by Gasteiger charge is -2.14. The van der Waals surface area contributed by atoms with Crippen LogP contribution in [0.25, 0.3) is 6.08 Å². The zero-order chi connectivity index (χ0) is 20.5. The van der Waals surface area contributed by atoms with Crippen LogP contribution >= 0.6 is 0 Å². The number of benzene rings is 2. The molecule has 0 aliphatic heterocycles. The van der Waals surface area contributed by atoms with Gasteiger partial charge in [-0.15, -0.1) is 0 Å². The van der Waals surface area contributed by atoms with Crippen LogP contribution in [-0.2, 0) is 20.7 Å². The number of nitro benzene ring substituents is 1. The Kier molecular flexibility index (Phi) is 7.45. The van der Waals surface area contributed by atoms with Crippen LogP contribution in [-0.4, -0.2) is 23.4 Å². The molecule has 7 nitrogen and oxygen atoms in total. The number of nitrogens with one attached hydrogen (secondary N) is 1. The molecule has 2 aromatic carbocycles. The maximum Gasteiger partial charge on any atom is 0.331 e. The summed E-state index contributed by atoms with van der Waals surface area (Å²) >= 11 is 0. The Hall–Kier alpha value is -3.48. The lowest BCUT2D eigenvalue weighted by atomic mass is 10.1. The van der Waals surface area contributed by atoms with E-state index in [-0.39, 0.29) is 17.3 Å². The van der Waals surface area contributed by atoms with Crippen molar-refractivity contribution >= 4 is 23.6 Å². The molecule has 0 unspecified atom stereocenters. The number of carbonyl (C=O) groups excluding carboxylic acids is 2. The van der Waals surface area contributed by atoms with Gasteiger partial charge < -0.3 is 10.1 Å². The third kappa shape index (κ3) is 6.05. The van der Waals surface area contributed by atoms with E-state index in [9.17, 15) is 19.7 Å². The van der Waals surface area contributed by atoms with Gasteiger partial charge in [0, 0.05) is 12.1 Å². The molecule has 1 atom stereocenters. The molecule has 0 bridgehead atoms. The van der Waals surface area contributed by atoms with Crippen molar-refractivity contribution in [3.05, 3.63) is 81.4 Å². The number of hydrogen-bond acceptors (Lipinski definition) is 5. The number of nitrogens with zero attached hydrogens (tertiary/aromatic N) is 1. The fourth-order valence-corrected chi connectivity index (χ4v) is 2.55. The predicted molar refractivity (Wildman–Crippen MR) is 105 cm³/mol. The van der Waals surface area contributed by atoms with E-state index >= 15 is 0 Å². The smallest absolute Gasteiger partial charge is 0.331 e. The quantitative estimate of drug-likeness (QED) is 0.326. The van der Waals surface area contributed by atoms with Gasteiger partial charge in [-0.1, -0.05) is 43.3 Å². The van der Waals surface area contributed by atoms with Crippen molar-refractivity contribution in [1.82, 2.24) is 5.32 Å². The number of aryl methyl sites for hydroxylation is 1. The van der Waals surface area contributed by atoms with E-state index in [1.807, 2.05) is 31.2 Å². The van der Waals surface area contributed by atoms with Gasteiger partial charge in [0.1, 0.15) is 0 Å². The van der Waals surface area contributed by atoms with Crippen molar-refractivity contribution in [1.29, 1.82) is 0 Å². The number of ether oxygens (including phenoxy) is 1. The first-order valence-corrected chi connectivity index (χ1v) is 8.87. The minimum Gasteiger partial charge on any atom is -0.452 e. The number of carbonyl (C=O) groups is 2. The zero-order valence-electron chi connectivity index (χ0n) is 15.8. The molecular weight excluding hydrogens is 360 g/mol. The number of nitro groups is 1. The molecule has 2 rings (SSSR count). The summed E-state index contributed by atoms with van der Waals surface area (Å²) in [6.45, 7) is 3.48. The summed E-state index contributed by atoms with van der Waals surface area (Å²) in [5.41, 5.74) is 2.32. The molecule has 0 saturated heterocycles. The Morgan fingerprint density at radius 3 is 2.50 bits per heavy atom. The molecule has 7 heteroatoms. The third-order valence-electron chi connectivity index (χ3n) is 4.14. The minimum atomic E-state index is -0.756. The number of rotatable bonds is 8. The number of hydrogen-bond donors (Lipinski definition) is 1. The summed E-state index contributed by atoms with van der Waals surface area (Å²) in [5, 5.41) is 13.7. The molecule has 0 aliphatic rings. The summed E-state index contributed by atoms with van der Waals surface area (Å²) < 4.78 is 4.89. The van der Waals surface area contributed by atoms with E-state index in [0.29, 0.717) is 0 Å². The second-order valence-electron chi connectivity index (χ2n) is 6.14. The highest BCUT2D eigenvalue weighted by Crippen LogP contribution is 2.19. The van der Waals surface area contributed by atoms with Crippen LogP contribution in [0, 0.1) is 10.1 Å². The van der Waals surface area contributed by atoms with Crippen molar-refractivity contribution in [3.63, 3.8) is 0 Å². The van der Waals surface area contributed by atoms with Crippen molar-refractivity contribution in [3.8, 4) is 0 Å². The Morgan fingerprint density at radius 2 is 1.86 bits per heavy atom. The minimum absolute atomic E-state index is 0.118. The Morgan fingerprint density at radius 1 is 1.18 bits per heavy atom. The largest absolute Gasteiger partial charge is 0.452 e. The molecule has 0 saturated carbocycles. The van der Waals surface area contributed by atoms with E-state index in [4.69, 9.17) is 4.74 Å². The van der Waals surface area contributed by atoms with E-state index in [1.54, 1.807) is 6.07 Å². The number of amides is 1. The topological polar surface area (TPSA) is 98.5 Å². The zero-order valence-corrected chi connectivity index (χ0v) is 15.8. The lowest BCUT2D eigenvalue weighted by Crippen LogP contribution is -2.30. The monoisotopic (exact) mass is 382 g/mol. The second-order valence-corrected chi connectivity index (χ2v) is 6.14. The van der Waals surface area contributed by atoms with Crippen LogP contribution in [0.5, 0.6) is 0 Å². The lowest BCUT2D eigenvalue weighted by molar-refractivity contribution is -0.385. The molecule has 0 spiro atoms. The van der Waals surface area contributed by atoms with Crippen LogP contribution in [0.15, 0.2) is 54.6 Å². The molecule has 0 radical (unpaired) electrons. The van der Waals surface area contributed by atoms with Crippen LogP contribution < -0.4 is 5.32 Å². The first kappa shape index (κ1) is 20.8. The van der Waals surface area contributed by atoms with Crippen LogP contribution in [0.4, 0.5) is 5.69 Å². The molecular formula is C21H22N2O5. The van der Waals surface area contributed by atoms with Crippen molar-refractivity contribution in [2.75, 3.05) is 6.61 Å². The molecule has 0 aromatic heterocycles. The van der Waals surface area contributed by atoms with Gasteiger partial charge in [0.05, 0.1) is 16.5 Å². The van der Waals surface area contributed by atoms with Gasteiger partial charge in [0.15, 0.2) is 6.61 Å². The molecule has 146 valence electrons. The summed E-state index contributed by atoms with van der Waals surface area (Å²) in [6.07, 6.45) is 3.29. The predicted octanol–water partition coefficient (Wildman–Crippen LogP) is 3.59. The molecule has 2 aromatic rings. The SMILES string of the molecule is CCc1ccc([C@H](C)NC(=O)COC(=O)/C=C/c2ccccc2[N+](=O)[O-])cc1. The van der Waals surface area contributed by atoms with E-state index in [0.717, 1.165) is 18.1 Å². The van der Waals surface area contributed by atoms with Crippen LogP contribution in [0.3, 0.4) is 0 Å². The first-order valence-electron chi connectivity index (χ1n) is 8.87. The molecule has 28 heavy (non-hydrogen) atoms. The standard InChI is InChI=1S/C21H22N2O5/c1-3-16-8-10-17(11-9-16)15(2)22-20(24)14-28-21(25)13-12-18-6-4-5-7-19(18)23(26)27/h4-13,15H,3,14H2,1-2H3,(H,22,24)/b13-12+/t15-/m0/s1. The average molecular weight is 382 g/mol. The van der Waals surface area contributed by atoms with E-state index in [1.165, 1.54) is 29.8 Å². The maximum atomic E-state index is 12.0. The van der Waals surface area contributed by atoms with Gasteiger partial charge in [-0.2, -0.15) is 0 Å². The van der Waals surface area contributed by atoms with Gasteiger partial charge in [-0.25, -0.2) is 4.79 Å². The van der Waals surface area contributed by atoms with Crippen molar-refractivity contribution in [2.45, 2.75) is 26.3 Å². The highest BCUT2D eigenvalue weighted by atomic mass is 16.6. The van der Waals surface area contributed by atoms with Gasteiger partial charge in [0.2, 0.25) is 0 Å². The number of para-hydroxylation sites is 1. The average Bonchev–Trinajstić information content (AvgIpc) is 2.70. The molecule has 0 fully saturated rings. The summed E-state index contributed by atoms with van der Waals surface area (Å²) in [4.78, 5) is 34.1. The van der Waals surface area contributed by atoms with Crippen molar-refractivity contribution < 1.29 is 19.2 Å². The van der Waals surface area contributed by atoms with Gasteiger partial charge in [0.25, 0.3) is 11.6 Å². The molecule has 1 N–H and O–H groups in total. The summed E-state index contributed by atoms with van der Waals surface area (Å²) in [5.74, 6) is -1.19. The fourth-order valence-electron chi connectivity index (χ4n) is 2.55. The van der Waals surface area contributed by atoms with E-state index in [2.05, 4.69) is 12.2 Å². The van der Waals surface area contributed by atoms with Gasteiger partial charge in [-0.05, 0) is 36.6 Å². The fraction of sp³-hybridized carbons (Fsp3) is 0.238. The summed E-state index contributed by atoms with van der Waals surface area (Å²) in [6, 6.07) is 13.7.